The molecule has 0 heterocycles. The van der Waals surface area contributed by atoms with Crippen molar-refractivity contribution < 1.29 is 4.79 Å². The van der Waals surface area contributed by atoms with Crippen LogP contribution in [-0.2, 0) is 4.79 Å². The summed E-state index contributed by atoms with van der Waals surface area (Å²) >= 11 is 1.91. The van der Waals surface area contributed by atoms with E-state index in [1.807, 2.05) is 11.8 Å². The first-order chi connectivity index (χ1) is 13.7. The fourth-order valence-corrected chi connectivity index (χ4v) is 4.62. The van der Waals surface area contributed by atoms with Crippen molar-refractivity contribution >= 4 is 17.5 Å². The van der Waals surface area contributed by atoms with Crippen LogP contribution in [0.15, 0.2) is 60.8 Å². The Kier molecular flexibility index (Phi) is 14.7. The van der Waals surface area contributed by atoms with E-state index in [4.69, 9.17) is 0 Å². The van der Waals surface area contributed by atoms with Gasteiger partial charge in [-0.15, -0.1) is 11.8 Å². The Balaban J connectivity index is 1.92. The fraction of sp³-hybridized carbons (Fsp3) is 0.577. The number of carbonyl (C=O) groups is 1. The highest BCUT2D eigenvalue weighted by molar-refractivity contribution is 8.01. The third-order valence-electron chi connectivity index (χ3n) is 5.10. The summed E-state index contributed by atoms with van der Waals surface area (Å²) < 4.78 is -0.00263. The number of hydrogen-bond donors (Lipinski definition) is 0. The lowest BCUT2D eigenvalue weighted by Crippen LogP contribution is -2.40. The van der Waals surface area contributed by atoms with Gasteiger partial charge in [0.2, 0.25) is 0 Å². The van der Waals surface area contributed by atoms with Crippen molar-refractivity contribution in [1.82, 2.24) is 0 Å². The molecule has 0 aromatic rings. The molecule has 0 saturated heterocycles. The van der Waals surface area contributed by atoms with Crippen LogP contribution in [0.4, 0.5) is 0 Å². The monoisotopic (exact) mass is 400 g/mol. The van der Waals surface area contributed by atoms with Crippen LogP contribution < -0.4 is 0 Å². The maximum Gasteiger partial charge on any atom is 0.145 e. The molecule has 28 heavy (non-hydrogen) atoms. The van der Waals surface area contributed by atoms with Gasteiger partial charge in [0.05, 0.1) is 4.75 Å². The normalized spacial score (nSPS) is 16.9. The summed E-state index contributed by atoms with van der Waals surface area (Å²) in [4.78, 5) is 11.7. The van der Waals surface area contributed by atoms with Gasteiger partial charge in [0.25, 0.3) is 0 Å². The van der Waals surface area contributed by atoms with Crippen molar-refractivity contribution in [2.24, 2.45) is 0 Å². The smallest absolute Gasteiger partial charge is 0.145 e. The minimum Gasteiger partial charge on any atom is -0.298 e. The molecule has 0 aromatic carbocycles. The van der Waals surface area contributed by atoms with Crippen LogP contribution in [0.1, 0.15) is 84.5 Å². The second-order valence-electron chi connectivity index (χ2n) is 7.46. The van der Waals surface area contributed by atoms with Gasteiger partial charge in [-0.05, 0) is 83.3 Å². The Morgan fingerprint density at radius 1 is 0.786 bits per heavy atom. The largest absolute Gasteiger partial charge is 0.298 e. The van der Waals surface area contributed by atoms with Crippen LogP contribution in [0.3, 0.4) is 0 Å². The summed E-state index contributed by atoms with van der Waals surface area (Å²) in [6.45, 7) is 3.93. The molecule has 1 nitrogen and oxygen atoms in total. The summed E-state index contributed by atoms with van der Waals surface area (Å²) in [6.07, 6.45) is 34.7. The van der Waals surface area contributed by atoms with E-state index in [9.17, 15) is 4.79 Å². The molecule has 0 radical (unpaired) electrons. The summed E-state index contributed by atoms with van der Waals surface area (Å²) in [7, 11) is 0. The predicted octanol–water partition coefficient (Wildman–Crippen LogP) is 8.15. The Hall–Kier alpha value is -1.28. The number of hydrogen-bond acceptors (Lipinski definition) is 2. The number of thioether (sulfide) groups is 1. The first-order valence-electron chi connectivity index (χ1n) is 11.1. The highest BCUT2D eigenvalue weighted by Gasteiger charge is 2.41. The van der Waals surface area contributed by atoms with Crippen LogP contribution in [0.25, 0.3) is 0 Å². The Morgan fingerprint density at radius 2 is 1.29 bits per heavy atom. The molecule has 1 aliphatic carbocycles. The van der Waals surface area contributed by atoms with Gasteiger partial charge >= 0.3 is 0 Å². The van der Waals surface area contributed by atoms with Gasteiger partial charge in [0, 0.05) is 0 Å². The van der Waals surface area contributed by atoms with Gasteiger partial charge in [-0.1, -0.05) is 67.7 Å². The van der Waals surface area contributed by atoms with Crippen LogP contribution in [-0.4, -0.2) is 16.3 Å². The highest BCUT2D eigenvalue weighted by Crippen LogP contribution is 2.45. The Bertz CT molecular complexity index is 547. The van der Waals surface area contributed by atoms with E-state index in [0.717, 1.165) is 57.1 Å². The molecule has 0 spiro atoms. The van der Waals surface area contributed by atoms with Crippen LogP contribution in [0.5, 0.6) is 0 Å². The average molecular weight is 401 g/mol. The van der Waals surface area contributed by atoms with Crippen molar-refractivity contribution in [3.8, 4) is 0 Å². The molecule has 1 saturated carbocycles. The van der Waals surface area contributed by atoms with Crippen molar-refractivity contribution in [2.75, 3.05) is 5.75 Å². The zero-order valence-electron chi connectivity index (χ0n) is 18.1. The van der Waals surface area contributed by atoms with Crippen LogP contribution in [0.2, 0.25) is 0 Å². The molecular weight excluding hydrogens is 360 g/mol. The maximum atomic E-state index is 11.7. The van der Waals surface area contributed by atoms with E-state index in [1.54, 1.807) is 6.92 Å². The van der Waals surface area contributed by atoms with Gasteiger partial charge < -0.3 is 0 Å². The van der Waals surface area contributed by atoms with Gasteiger partial charge in [-0.2, -0.15) is 0 Å². The Labute approximate surface area is 178 Å². The van der Waals surface area contributed by atoms with Gasteiger partial charge in [0.15, 0.2) is 0 Å². The first kappa shape index (κ1) is 24.8. The average Bonchev–Trinajstić information content (AvgIpc) is 2.65. The molecule has 0 amide bonds. The molecule has 2 heteroatoms. The molecular formula is C26H40OS. The first-order valence-corrected chi connectivity index (χ1v) is 12.1. The lowest BCUT2D eigenvalue weighted by Gasteiger charge is -2.38. The van der Waals surface area contributed by atoms with Crippen LogP contribution in [0, 0.1) is 0 Å². The number of allylic oxidation sites excluding steroid dienone is 10. The molecule has 1 fully saturated rings. The molecule has 0 aliphatic heterocycles. The lowest BCUT2D eigenvalue weighted by molar-refractivity contribution is -0.121. The molecule has 1 rings (SSSR count). The van der Waals surface area contributed by atoms with Gasteiger partial charge in [0.1, 0.15) is 5.78 Å². The minimum absolute atomic E-state index is 0.00263. The predicted molar refractivity (Wildman–Crippen MR) is 128 cm³/mol. The zero-order valence-corrected chi connectivity index (χ0v) is 18.9. The molecule has 1 aliphatic rings. The molecule has 0 N–H and O–H groups in total. The van der Waals surface area contributed by atoms with Crippen molar-refractivity contribution in [3.63, 3.8) is 0 Å². The van der Waals surface area contributed by atoms with E-state index in [1.165, 1.54) is 19.3 Å². The van der Waals surface area contributed by atoms with E-state index < -0.39 is 0 Å². The Morgan fingerprint density at radius 3 is 1.71 bits per heavy atom. The second-order valence-corrected chi connectivity index (χ2v) is 8.93. The van der Waals surface area contributed by atoms with E-state index >= 15 is 0 Å². The topological polar surface area (TPSA) is 17.1 Å². The number of Topliss-reactive ketones (excluding diaryl/α,β-unsaturated/α-hetero) is 1. The number of ketones is 1. The summed E-state index contributed by atoms with van der Waals surface area (Å²) in [5, 5.41) is 0. The van der Waals surface area contributed by atoms with Gasteiger partial charge in [-0.3, -0.25) is 4.79 Å². The maximum absolute atomic E-state index is 11.7. The standard InChI is InChI=1S/C26H40OS/c1-3-4-5-6-7-8-9-10-11-12-13-14-15-16-17-18-19-20-24-28-26(25(2)27)22-21-23-26/h4-5,7-8,10-11,13-14,16-17H,3,6,9,12,15,18-24H2,1-2H3. The molecule has 0 atom stereocenters. The lowest BCUT2D eigenvalue weighted by atomic mass is 9.81. The number of rotatable bonds is 16. The molecule has 0 unspecified atom stereocenters. The molecule has 156 valence electrons. The minimum atomic E-state index is -0.00263. The van der Waals surface area contributed by atoms with Crippen molar-refractivity contribution in [2.45, 2.75) is 89.2 Å². The summed E-state index contributed by atoms with van der Waals surface area (Å²) in [6, 6.07) is 0. The summed E-state index contributed by atoms with van der Waals surface area (Å²) in [5.74, 6) is 1.52. The number of unbranched alkanes of at least 4 members (excludes halogenated alkanes) is 2. The van der Waals surface area contributed by atoms with Crippen molar-refractivity contribution in [3.05, 3.63) is 60.8 Å². The quantitative estimate of drug-likeness (QED) is 0.192. The third kappa shape index (κ3) is 11.5. The zero-order chi connectivity index (χ0) is 20.3. The van der Waals surface area contributed by atoms with Gasteiger partial charge in [-0.25, -0.2) is 0 Å². The molecule has 0 bridgehead atoms. The molecule has 0 aromatic heterocycles. The van der Waals surface area contributed by atoms with Crippen LogP contribution >= 0.6 is 11.8 Å². The fourth-order valence-electron chi connectivity index (χ4n) is 3.10. The van der Waals surface area contributed by atoms with Crippen molar-refractivity contribution in [1.29, 1.82) is 0 Å². The van der Waals surface area contributed by atoms with E-state index in [2.05, 4.69) is 67.7 Å². The van der Waals surface area contributed by atoms with E-state index in [-0.39, 0.29) is 4.75 Å². The summed E-state index contributed by atoms with van der Waals surface area (Å²) in [5.41, 5.74) is 0. The second kappa shape index (κ2) is 16.7. The number of carbonyl (C=O) groups excluding carboxylic acids is 1. The van der Waals surface area contributed by atoms with E-state index in [0.29, 0.717) is 5.78 Å². The SMILES string of the molecule is CCC=CCC=CCC=CCC=CCC=CCCCCSC1(C(C)=O)CCC1. The third-order valence-corrected chi connectivity index (χ3v) is 6.85. The highest BCUT2D eigenvalue weighted by atomic mass is 32.2.